The quantitative estimate of drug-likeness (QED) is 0.740. The molecule has 0 aliphatic carbocycles. The number of hydrogen-bond donors (Lipinski definition) is 2. The SMILES string of the molecule is Cc1c(NC(=O)OC(C)(C)C)c(C)c(C(=O)O)c(C)c1B1OC(C)(C)C(C)(C)O1. The molecule has 0 spiro atoms. The molecule has 160 valence electrons. The van der Waals surface area contributed by atoms with Crippen LogP contribution in [-0.4, -0.2) is 41.1 Å². The van der Waals surface area contributed by atoms with E-state index in [0.717, 1.165) is 0 Å². The number of aromatic carboxylic acids is 1. The number of carboxylic acids is 1. The van der Waals surface area contributed by atoms with Crippen molar-refractivity contribution in [2.24, 2.45) is 0 Å². The number of carbonyl (C=O) groups excluding carboxylic acids is 1. The third kappa shape index (κ3) is 4.43. The molecule has 0 bridgehead atoms. The first-order valence-corrected chi connectivity index (χ1v) is 9.71. The van der Waals surface area contributed by atoms with Crippen molar-refractivity contribution in [3.05, 3.63) is 22.3 Å². The van der Waals surface area contributed by atoms with Crippen molar-refractivity contribution in [2.75, 3.05) is 5.32 Å². The molecule has 1 saturated heterocycles. The average molecular weight is 405 g/mol. The van der Waals surface area contributed by atoms with Crippen LogP contribution in [0.15, 0.2) is 0 Å². The van der Waals surface area contributed by atoms with Gasteiger partial charge >= 0.3 is 19.2 Å². The van der Waals surface area contributed by atoms with E-state index in [0.29, 0.717) is 27.8 Å². The van der Waals surface area contributed by atoms with E-state index in [1.54, 1.807) is 34.6 Å². The van der Waals surface area contributed by atoms with Gasteiger partial charge in [-0.15, -0.1) is 0 Å². The Morgan fingerprint density at radius 2 is 1.45 bits per heavy atom. The Labute approximate surface area is 173 Å². The van der Waals surface area contributed by atoms with E-state index in [9.17, 15) is 14.7 Å². The van der Waals surface area contributed by atoms with Gasteiger partial charge in [0, 0.05) is 0 Å². The number of carbonyl (C=O) groups is 2. The number of anilines is 1. The number of benzene rings is 1. The van der Waals surface area contributed by atoms with E-state index >= 15 is 0 Å². The fourth-order valence-corrected chi connectivity index (χ4v) is 3.47. The molecule has 1 aliphatic rings. The number of rotatable bonds is 3. The van der Waals surface area contributed by atoms with Crippen LogP contribution in [0.5, 0.6) is 0 Å². The van der Waals surface area contributed by atoms with Crippen molar-refractivity contribution in [2.45, 2.75) is 86.0 Å². The molecule has 0 aromatic heterocycles. The first-order chi connectivity index (χ1) is 13.0. The van der Waals surface area contributed by atoms with Gasteiger partial charge in [0.25, 0.3) is 0 Å². The van der Waals surface area contributed by atoms with Gasteiger partial charge in [-0.2, -0.15) is 0 Å². The second-order valence-corrected chi connectivity index (χ2v) is 9.56. The molecular formula is C21H32BNO6. The van der Waals surface area contributed by atoms with E-state index < -0.39 is 36.0 Å². The van der Waals surface area contributed by atoms with Crippen LogP contribution in [-0.2, 0) is 14.0 Å². The molecule has 1 aliphatic heterocycles. The van der Waals surface area contributed by atoms with E-state index in [1.807, 2.05) is 34.6 Å². The van der Waals surface area contributed by atoms with Gasteiger partial charge in [-0.05, 0) is 91.4 Å². The topological polar surface area (TPSA) is 94.1 Å². The Bertz CT molecular complexity index is 838. The third-order valence-electron chi connectivity index (χ3n) is 5.64. The summed E-state index contributed by atoms with van der Waals surface area (Å²) in [4.78, 5) is 24.4. The van der Waals surface area contributed by atoms with E-state index in [-0.39, 0.29) is 5.56 Å². The zero-order valence-corrected chi connectivity index (χ0v) is 19.1. The highest BCUT2D eigenvalue weighted by molar-refractivity contribution is 6.63. The summed E-state index contributed by atoms with van der Waals surface area (Å²) in [5.74, 6) is -1.08. The number of carboxylic acid groups (broad SMARTS) is 1. The van der Waals surface area contributed by atoms with Crippen molar-refractivity contribution >= 4 is 30.3 Å². The number of nitrogens with one attached hydrogen (secondary N) is 1. The third-order valence-corrected chi connectivity index (χ3v) is 5.64. The Hall–Kier alpha value is -2.06. The lowest BCUT2D eigenvalue weighted by molar-refractivity contribution is 0.00578. The van der Waals surface area contributed by atoms with Gasteiger partial charge in [0.2, 0.25) is 0 Å². The van der Waals surface area contributed by atoms with Gasteiger partial charge in [-0.25, -0.2) is 9.59 Å². The number of hydrogen-bond acceptors (Lipinski definition) is 5. The van der Waals surface area contributed by atoms with Crippen LogP contribution in [0.4, 0.5) is 10.5 Å². The molecule has 29 heavy (non-hydrogen) atoms. The summed E-state index contributed by atoms with van der Waals surface area (Å²) in [6, 6.07) is 0. The fourth-order valence-electron chi connectivity index (χ4n) is 3.47. The summed E-state index contributed by atoms with van der Waals surface area (Å²) < 4.78 is 17.7. The van der Waals surface area contributed by atoms with Crippen molar-refractivity contribution in [3.63, 3.8) is 0 Å². The van der Waals surface area contributed by atoms with Crippen LogP contribution in [0.2, 0.25) is 0 Å². The molecule has 1 amide bonds. The van der Waals surface area contributed by atoms with Crippen LogP contribution in [0.25, 0.3) is 0 Å². The maximum absolute atomic E-state index is 12.4. The molecule has 0 atom stereocenters. The minimum absolute atomic E-state index is 0.117. The smallest absolute Gasteiger partial charge is 0.478 e. The second kappa shape index (κ2) is 7.33. The van der Waals surface area contributed by atoms with Crippen LogP contribution in [0.1, 0.15) is 75.5 Å². The molecule has 0 radical (unpaired) electrons. The largest absolute Gasteiger partial charge is 0.495 e. The zero-order valence-electron chi connectivity index (χ0n) is 19.1. The van der Waals surface area contributed by atoms with E-state index in [2.05, 4.69) is 5.32 Å². The first kappa shape index (κ1) is 23.2. The van der Waals surface area contributed by atoms with Gasteiger partial charge in [0.05, 0.1) is 22.5 Å². The maximum atomic E-state index is 12.4. The number of ether oxygens (including phenoxy) is 1. The van der Waals surface area contributed by atoms with Gasteiger partial charge in [0.15, 0.2) is 0 Å². The summed E-state index contributed by atoms with van der Waals surface area (Å²) >= 11 is 0. The molecular weight excluding hydrogens is 373 g/mol. The van der Waals surface area contributed by atoms with Gasteiger partial charge < -0.3 is 19.2 Å². The Balaban J connectivity index is 2.62. The molecule has 2 N–H and O–H groups in total. The van der Waals surface area contributed by atoms with Crippen molar-refractivity contribution in [1.29, 1.82) is 0 Å². The van der Waals surface area contributed by atoms with Crippen LogP contribution in [0, 0.1) is 20.8 Å². The standard InChI is InChI=1S/C21H32BNO6/c1-11-14(17(24)25)12(2)16(23-18(26)27-19(4,5)6)13(3)15(11)22-28-20(7,8)21(9,10)29-22/h1-10H3,(H,23,26)(H,24,25). The predicted molar refractivity (Wildman–Crippen MR) is 113 cm³/mol. The fraction of sp³-hybridized carbons (Fsp3) is 0.619. The first-order valence-electron chi connectivity index (χ1n) is 9.71. The molecule has 0 unspecified atom stereocenters. The van der Waals surface area contributed by atoms with Crippen molar-refractivity contribution < 1.29 is 28.7 Å². The zero-order chi connectivity index (χ0) is 22.5. The summed E-state index contributed by atoms with van der Waals surface area (Å²) in [6.45, 7) is 18.3. The minimum atomic E-state index is -1.08. The molecule has 8 heteroatoms. The summed E-state index contributed by atoms with van der Waals surface area (Å²) in [5, 5.41) is 12.6. The highest BCUT2D eigenvalue weighted by atomic mass is 16.7. The lowest BCUT2D eigenvalue weighted by atomic mass is 9.70. The van der Waals surface area contributed by atoms with Crippen molar-refractivity contribution in [1.82, 2.24) is 0 Å². The lowest BCUT2D eigenvalue weighted by Gasteiger charge is -2.32. The second-order valence-electron chi connectivity index (χ2n) is 9.56. The summed E-state index contributed by atoms with van der Waals surface area (Å²) in [6.07, 6.45) is -0.649. The maximum Gasteiger partial charge on any atom is 0.495 e. The molecule has 1 aromatic rings. The molecule has 2 rings (SSSR count). The Kier molecular flexibility index (Phi) is 5.87. The molecule has 0 saturated carbocycles. The minimum Gasteiger partial charge on any atom is -0.478 e. The van der Waals surface area contributed by atoms with Gasteiger partial charge in [-0.1, -0.05) is 0 Å². The predicted octanol–water partition coefficient (Wildman–Crippen LogP) is 3.96. The highest BCUT2D eigenvalue weighted by Crippen LogP contribution is 2.38. The summed E-state index contributed by atoms with van der Waals surface area (Å²) in [7, 11) is -0.752. The van der Waals surface area contributed by atoms with E-state index in [1.165, 1.54) is 0 Å². The monoisotopic (exact) mass is 405 g/mol. The van der Waals surface area contributed by atoms with E-state index in [4.69, 9.17) is 14.0 Å². The highest BCUT2D eigenvalue weighted by Gasteiger charge is 2.53. The van der Waals surface area contributed by atoms with Crippen LogP contribution >= 0.6 is 0 Å². The summed E-state index contributed by atoms with van der Waals surface area (Å²) in [5.41, 5.74) is 0.984. The van der Waals surface area contributed by atoms with Gasteiger partial charge in [-0.3, -0.25) is 5.32 Å². The molecule has 7 nitrogen and oxygen atoms in total. The number of amides is 1. The van der Waals surface area contributed by atoms with Gasteiger partial charge in [0.1, 0.15) is 5.60 Å². The average Bonchev–Trinajstić information content (AvgIpc) is 2.69. The Morgan fingerprint density at radius 3 is 1.86 bits per heavy atom. The van der Waals surface area contributed by atoms with Crippen LogP contribution < -0.4 is 10.8 Å². The Morgan fingerprint density at radius 1 is 0.966 bits per heavy atom. The molecule has 1 heterocycles. The lowest BCUT2D eigenvalue weighted by Crippen LogP contribution is -2.41. The molecule has 1 fully saturated rings. The molecule has 1 aromatic carbocycles. The normalized spacial score (nSPS) is 17.9. The van der Waals surface area contributed by atoms with Crippen LogP contribution in [0.3, 0.4) is 0 Å². The van der Waals surface area contributed by atoms with Crippen molar-refractivity contribution in [3.8, 4) is 0 Å².